The van der Waals surface area contributed by atoms with E-state index in [1.807, 2.05) is 12.1 Å². The summed E-state index contributed by atoms with van der Waals surface area (Å²) in [5, 5.41) is 8.84. The van der Waals surface area contributed by atoms with Crippen molar-refractivity contribution >= 4 is 40.6 Å². The number of hydrogen-bond acceptors (Lipinski definition) is 6. The Balaban J connectivity index is 1.80. The molecule has 1 fully saturated rings. The average Bonchev–Trinajstić information content (AvgIpc) is 2.94. The first kappa shape index (κ1) is 19.8. The molecule has 28 heavy (non-hydrogen) atoms. The van der Waals surface area contributed by atoms with Crippen LogP contribution in [0.1, 0.15) is 11.1 Å². The van der Waals surface area contributed by atoms with Gasteiger partial charge in [0.15, 0.2) is 18.1 Å². The van der Waals surface area contributed by atoms with E-state index < -0.39 is 0 Å². The summed E-state index contributed by atoms with van der Waals surface area (Å²) >= 11 is 6.85. The first-order valence-electron chi connectivity index (χ1n) is 8.19. The second kappa shape index (κ2) is 8.83. The molecule has 6 nitrogen and oxygen atoms in total. The molecule has 1 aliphatic rings. The third kappa shape index (κ3) is 4.47. The van der Waals surface area contributed by atoms with Gasteiger partial charge in [-0.05, 0) is 53.2 Å². The monoisotopic (exact) mass is 414 g/mol. The number of hydrogen-bond donors (Lipinski definition) is 0. The Hall–Kier alpha value is -2.95. The molecule has 2 aromatic rings. The molecule has 1 saturated heterocycles. The number of imide groups is 1. The molecule has 1 aliphatic heterocycles. The topological polar surface area (TPSA) is 79.6 Å². The average molecular weight is 415 g/mol. The summed E-state index contributed by atoms with van der Waals surface area (Å²) in [6.07, 6.45) is 1.62. The number of methoxy groups -OCH3 is 1. The van der Waals surface area contributed by atoms with E-state index in [-0.39, 0.29) is 24.3 Å². The maximum absolute atomic E-state index is 12.7. The van der Waals surface area contributed by atoms with Gasteiger partial charge >= 0.3 is 0 Å². The summed E-state index contributed by atoms with van der Waals surface area (Å²) in [5.74, 6) is 0.496. The van der Waals surface area contributed by atoms with Crippen molar-refractivity contribution in [2.45, 2.75) is 6.54 Å². The molecule has 0 aliphatic carbocycles. The van der Waals surface area contributed by atoms with Crippen LogP contribution in [-0.2, 0) is 11.3 Å². The Kier molecular flexibility index (Phi) is 6.24. The zero-order chi connectivity index (χ0) is 20.1. The molecule has 0 N–H and O–H groups in total. The van der Waals surface area contributed by atoms with Crippen molar-refractivity contribution in [1.29, 1.82) is 5.26 Å². The molecule has 0 spiro atoms. The Morgan fingerprint density at radius 1 is 1.21 bits per heavy atom. The summed E-state index contributed by atoms with van der Waals surface area (Å²) in [6.45, 7) is 0.0604. The van der Waals surface area contributed by atoms with E-state index in [0.717, 1.165) is 17.3 Å². The van der Waals surface area contributed by atoms with Gasteiger partial charge in [-0.1, -0.05) is 29.8 Å². The molecule has 8 heteroatoms. The summed E-state index contributed by atoms with van der Waals surface area (Å²) in [7, 11) is 1.48. The number of halogens is 1. The zero-order valence-corrected chi connectivity index (χ0v) is 16.4. The quantitative estimate of drug-likeness (QED) is 0.648. The molecule has 0 bridgehead atoms. The molecular weight excluding hydrogens is 400 g/mol. The van der Waals surface area contributed by atoms with Gasteiger partial charge in [-0.15, -0.1) is 0 Å². The van der Waals surface area contributed by atoms with Crippen LogP contribution in [-0.4, -0.2) is 29.8 Å². The van der Waals surface area contributed by atoms with Crippen LogP contribution >= 0.6 is 23.4 Å². The maximum Gasteiger partial charge on any atom is 0.293 e. The molecule has 0 radical (unpaired) electrons. The summed E-state index contributed by atoms with van der Waals surface area (Å²) in [4.78, 5) is 26.5. The molecule has 1 heterocycles. The van der Waals surface area contributed by atoms with Crippen LogP contribution < -0.4 is 9.47 Å². The lowest BCUT2D eigenvalue weighted by molar-refractivity contribution is -0.123. The smallest absolute Gasteiger partial charge is 0.293 e. The Labute approximate surface area is 171 Å². The summed E-state index contributed by atoms with van der Waals surface area (Å²) in [5.41, 5.74) is 1.45. The van der Waals surface area contributed by atoms with Gasteiger partial charge in [-0.2, -0.15) is 5.26 Å². The Morgan fingerprint density at radius 3 is 2.75 bits per heavy atom. The number of amides is 2. The third-order valence-electron chi connectivity index (χ3n) is 3.88. The maximum atomic E-state index is 12.7. The fourth-order valence-electron chi connectivity index (χ4n) is 2.61. The highest BCUT2D eigenvalue weighted by Gasteiger charge is 2.35. The van der Waals surface area contributed by atoms with Gasteiger partial charge in [-0.3, -0.25) is 14.5 Å². The lowest BCUT2D eigenvalue weighted by Gasteiger charge is -2.12. The lowest BCUT2D eigenvalue weighted by Crippen LogP contribution is -2.27. The second-order valence-electron chi connectivity index (χ2n) is 5.75. The number of rotatable bonds is 6. The fraction of sp³-hybridized carbons (Fsp3) is 0.150. The molecule has 0 unspecified atom stereocenters. The minimum atomic E-state index is -0.362. The first-order valence-corrected chi connectivity index (χ1v) is 9.39. The van der Waals surface area contributed by atoms with Gasteiger partial charge in [0.1, 0.15) is 6.07 Å². The van der Waals surface area contributed by atoms with Gasteiger partial charge in [-0.25, -0.2) is 0 Å². The van der Waals surface area contributed by atoms with Crippen LogP contribution in [0.5, 0.6) is 11.5 Å². The number of carbonyl (C=O) groups excluding carboxylic acids is 2. The molecule has 0 atom stereocenters. The van der Waals surface area contributed by atoms with Crippen molar-refractivity contribution in [3.05, 3.63) is 63.5 Å². The van der Waals surface area contributed by atoms with Crippen molar-refractivity contribution in [2.75, 3.05) is 13.7 Å². The number of ether oxygens (including phenoxy) is 2. The van der Waals surface area contributed by atoms with E-state index in [4.69, 9.17) is 26.3 Å². The van der Waals surface area contributed by atoms with Gasteiger partial charge < -0.3 is 9.47 Å². The minimum absolute atomic E-state index is 0.0991. The van der Waals surface area contributed by atoms with Crippen LogP contribution in [0.15, 0.2) is 47.4 Å². The highest BCUT2D eigenvalue weighted by atomic mass is 35.5. The van der Waals surface area contributed by atoms with E-state index in [1.165, 1.54) is 12.0 Å². The molecular formula is C20H15ClN2O4S. The van der Waals surface area contributed by atoms with Crippen LogP contribution in [0.25, 0.3) is 6.08 Å². The summed E-state index contributed by atoms with van der Waals surface area (Å²) in [6, 6.07) is 14.0. The highest BCUT2D eigenvalue weighted by Crippen LogP contribution is 2.35. The number of thioether (sulfide) groups is 1. The Bertz CT molecular complexity index is 1000. The van der Waals surface area contributed by atoms with Crippen LogP contribution in [0.3, 0.4) is 0 Å². The third-order valence-corrected chi connectivity index (χ3v) is 5.02. The van der Waals surface area contributed by atoms with E-state index >= 15 is 0 Å². The predicted molar refractivity (Wildman–Crippen MR) is 107 cm³/mol. The molecule has 3 rings (SSSR count). The van der Waals surface area contributed by atoms with Crippen molar-refractivity contribution in [2.24, 2.45) is 0 Å². The number of benzene rings is 2. The number of carbonyl (C=O) groups is 2. The SMILES string of the molecule is COc1cc(/C=C2\SC(=O)N(Cc3cccc(Cl)c3)C2=O)ccc1OCC#N. The standard InChI is InChI=1S/C20H15ClN2O4S/c1-26-17-10-13(5-6-16(17)27-8-7-22)11-18-19(24)23(20(25)28-18)12-14-3-2-4-15(21)9-14/h2-6,9-11H,8,12H2,1H3/b18-11-. The summed E-state index contributed by atoms with van der Waals surface area (Å²) < 4.78 is 10.5. The van der Waals surface area contributed by atoms with E-state index in [1.54, 1.807) is 42.5 Å². The Morgan fingerprint density at radius 2 is 2.04 bits per heavy atom. The van der Waals surface area contributed by atoms with Gasteiger partial charge in [0.05, 0.1) is 18.6 Å². The molecule has 0 aromatic heterocycles. The van der Waals surface area contributed by atoms with E-state index in [2.05, 4.69) is 0 Å². The van der Waals surface area contributed by atoms with Crippen molar-refractivity contribution < 1.29 is 19.1 Å². The fourth-order valence-corrected chi connectivity index (χ4v) is 3.66. The van der Waals surface area contributed by atoms with Gasteiger partial charge in [0, 0.05) is 5.02 Å². The predicted octanol–water partition coefficient (Wildman–Crippen LogP) is 4.49. The minimum Gasteiger partial charge on any atom is -0.493 e. The molecule has 2 aromatic carbocycles. The van der Waals surface area contributed by atoms with Gasteiger partial charge in [0.25, 0.3) is 11.1 Å². The van der Waals surface area contributed by atoms with Gasteiger partial charge in [0.2, 0.25) is 0 Å². The first-order chi connectivity index (χ1) is 13.5. The highest BCUT2D eigenvalue weighted by molar-refractivity contribution is 8.18. The molecule has 142 valence electrons. The normalized spacial score (nSPS) is 15.0. The van der Waals surface area contributed by atoms with E-state index in [9.17, 15) is 9.59 Å². The zero-order valence-electron chi connectivity index (χ0n) is 14.8. The second-order valence-corrected chi connectivity index (χ2v) is 7.18. The van der Waals surface area contributed by atoms with Crippen LogP contribution in [0.4, 0.5) is 4.79 Å². The largest absolute Gasteiger partial charge is 0.493 e. The van der Waals surface area contributed by atoms with Crippen LogP contribution in [0.2, 0.25) is 5.02 Å². The number of nitriles is 1. The van der Waals surface area contributed by atoms with Crippen LogP contribution in [0, 0.1) is 11.3 Å². The molecule has 0 saturated carbocycles. The van der Waals surface area contributed by atoms with Crippen molar-refractivity contribution in [3.63, 3.8) is 0 Å². The van der Waals surface area contributed by atoms with Crippen molar-refractivity contribution in [1.82, 2.24) is 4.90 Å². The molecule has 2 amide bonds. The number of nitrogens with zero attached hydrogens (tertiary/aromatic N) is 2. The van der Waals surface area contributed by atoms with Crippen molar-refractivity contribution in [3.8, 4) is 17.6 Å². The van der Waals surface area contributed by atoms with E-state index in [0.29, 0.717) is 27.0 Å². The lowest BCUT2D eigenvalue weighted by atomic mass is 10.1.